The van der Waals surface area contributed by atoms with E-state index in [4.69, 9.17) is 0 Å². The zero-order valence-electron chi connectivity index (χ0n) is 13.3. The van der Waals surface area contributed by atoms with Crippen molar-refractivity contribution in [2.75, 3.05) is 7.05 Å². The molecule has 0 bridgehead atoms. The summed E-state index contributed by atoms with van der Waals surface area (Å²) in [4.78, 5) is 14.8. The standard InChI is InChI=1S/C16H29NO/c1-11-9-10-12(18)13(15(2,3)4)14(17(11)8)16(5,6)7/h11H,9-10H2,1-8H3. The van der Waals surface area contributed by atoms with Gasteiger partial charge in [0.15, 0.2) is 5.78 Å². The molecule has 1 aliphatic heterocycles. The van der Waals surface area contributed by atoms with E-state index in [1.807, 2.05) is 0 Å². The van der Waals surface area contributed by atoms with Crippen molar-refractivity contribution in [2.45, 2.75) is 67.3 Å². The zero-order chi connectivity index (χ0) is 14.3. The van der Waals surface area contributed by atoms with Gasteiger partial charge in [-0.3, -0.25) is 4.79 Å². The fourth-order valence-corrected chi connectivity index (χ4v) is 2.86. The number of ketones is 1. The topological polar surface area (TPSA) is 20.3 Å². The maximum absolute atomic E-state index is 12.5. The quantitative estimate of drug-likeness (QED) is 0.648. The molecule has 0 aliphatic carbocycles. The van der Waals surface area contributed by atoms with E-state index < -0.39 is 0 Å². The summed E-state index contributed by atoms with van der Waals surface area (Å²) in [6.45, 7) is 15.3. The highest BCUT2D eigenvalue weighted by Gasteiger charge is 2.37. The number of carbonyl (C=O) groups excluding carboxylic acids is 1. The minimum Gasteiger partial charge on any atom is -0.374 e. The lowest BCUT2D eigenvalue weighted by molar-refractivity contribution is -0.116. The molecule has 18 heavy (non-hydrogen) atoms. The summed E-state index contributed by atoms with van der Waals surface area (Å²) in [7, 11) is 2.13. The molecule has 0 radical (unpaired) electrons. The van der Waals surface area contributed by atoms with Crippen LogP contribution in [0.1, 0.15) is 61.3 Å². The van der Waals surface area contributed by atoms with Crippen LogP contribution in [0.15, 0.2) is 11.3 Å². The Morgan fingerprint density at radius 2 is 1.56 bits per heavy atom. The molecule has 0 aromatic carbocycles. The van der Waals surface area contributed by atoms with Gasteiger partial charge in [0.25, 0.3) is 0 Å². The number of hydrogen-bond acceptors (Lipinski definition) is 2. The smallest absolute Gasteiger partial charge is 0.161 e. The van der Waals surface area contributed by atoms with Gasteiger partial charge in [0.1, 0.15) is 0 Å². The van der Waals surface area contributed by atoms with Crippen LogP contribution >= 0.6 is 0 Å². The Bertz CT molecular complexity index is 366. The number of carbonyl (C=O) groups is 1. The monoisotopic (exact) mass is 251 g/mol. The summed E-state index contributed by atoms with van der Waals surface area (Å²) < 4.78 is 0. The maximum Gasteiger partial charge on any atom is 0.161 e. The summed E-state index contributed by atoms with van der Waals surface area (Å²) in [5, 5.41) is 0. The first-order valence-electron chi connectivity index (χ1n) is 6.97. The minimum atomic E-state index is -0.0853. The highest BCUT2D eigenvalue weighted by molar-refractivity contribution is 5.97. The second-order valence-electron chi connectivity index (χ2n) is 7.65. The SMILES string of the molecule is CC1CCC(=O)C(C(C)(C)C)=C(C(C)(C)C)N1C. The Labute approximate surface area is 112 Å². The molecule has 0 aromatic heterocycles. The van der Waals surface area contributed by atoms with Crippen molar-refractivity contribution >= 4 is 5.78 Å². The second kappa shape index (κ2) is 4.71. The molecule has 1 aliphatic rings. The van der Waals surface area contributed by atoms with E-state index in [2.05, 4.69) is 60.4 Å². The summed E-state index contributed by atoms with van der Waals surface area (Å²) in [5.41, 5.74) is 2.18. The number of hydrogen-bond donors (Lipinski definition) is 0. The van der Waals surface area contributed by atoms with Gasteiger partial charge >= 0.3 is 0 Å². The third-order valence-electron chi connectivity index (χ3n) is 3.78. The van der Waals surface area contributed by atoms with Crippen molar-refractivity contribution in [3.63, 3.8) is 0 Å². The number of nitrogens with zero attached hydrogens (tertiary/aromatic N) is 1. The van der Waals surface area contributed by atoms with Crippen LogP contribution in [-0.4, -0.2) is 23.8 Å². The molecular formula is C16H29NO. The van der Waals surface area contributed by atoms with Gasteiger partial charge in [-0.15, -0.1) is 0 Å². The average Bonchev–Trinajstić information content (AvgIpc) is 2.26. The van der Waals surface area contributed by atoms with E-state index >= 15 is 0 Å². The predicted octanol–water partition coefficient (Wildman–Crippen LogP) is 4.02. The third kappa shape index (κ3) is 2.96. The Morgan fingerprint density at radius 1 is 1.06 bits per heavy atom. The van der Waals surface area contributed by atoms with Crippen LogP contribution in [0.5, 0.6) is 0 Å². The molecule has 2 nitrogen and oxygen atoms in total. The van der Waals surface area contributed by atoms with Crippen molar-refractivity contribution in [3.05, 3.63) is 11.3 Å². The average molecular weight is 251 g/mol. The van der Waals surface area contributed by atoms with Gasteiger partial charge in [-0.1, -0.05) is 41.5 Å². The van der Waals surface area contributed by atoms with E-state index in [9.17, 15) is 4.79 Å². The van der Waals surface area contributed by atoms with Crippen molar-refractivity contribution < 1.29 is 4.79 Å². The largest absolute Gasteiger partial charge is 0.374 e. The molecule has 0 saturated heterocycles. The Hall–Kier alpha value is -0.790. The van der Waals surface area contributed by atoms with Gasteiger partial charge in [-0.2, -0.15) is 0 Å². The summed E-state index contributed by atoms with van der Waals surface area (Å²) in [5.74, 6) is 0.337. The molecule has 104 valence electrons. The molecule has 0 amide bonds. The normalized spacial score (nSPS) is 23.4. The van der Waals surface area contributed by atoms with Gasteiger partial charge in [0.2, 0.25) is 0 Å². The van der Waals surface area contributed by atoms with E-state index in [-0.39, 0.29) is 10.8 Å². The molecule has 1 atom stereocenters. The summed E-state index contributed by atoms with van der Waals surface area (Å²) >= 11 is 0. The molecule has 2 heteroatoms. The van der Waals surface area contributed by atoms with Gasteiger partial charge in [-0.25, -0.2) is 0 Å². The third-order valence-corrected chi connectivity index (χ3v) is 3.78. The number of rotatable bonds is 0. The van der Waals surface area contributed by atoms with Crippen molar-refractivity contribution in [1.82, 2.24) is 4.90 Å². The van der Waals surface area contributed by atoms with Crippen LogP contribution in [-0.2, 0) is 4.79 Å². The number of Topliss-reactive ketones (excluding diaryl/α,β-unsaturated/α-hetero) is 1. The van der Waals surface area contributed by atoms with Crippen molar-refractivity contribution in [2.24, 2.45) is 10.8 Å². The van der Waals surface area contributed by atoms with Gasteiger partial charge in [0, 0.05) is 36.2 Å². The highest BCUT2D eigenvalue weighted by atomic mass is 16.1. The minimum absolute atomic E-state index is 0.00558. The van der Waals surface area contributed by atoms with Crippen LogP contribution in [0.3, 0.4) is 0 Å². The molecule has 0 spiro atoms. The molecule has 0 N–H and O–H groups in total. The first-order valence-corrected chi connectivity index (χ1v) is 6.97. The fraction of sp³-hybridized carbons (Fsp3) is 0.812. The van der Waals surface area contributed by atoms with Crippen LogP contribution in [0.25, 0.3) is 0 Å². The second-order valence-corrected chi connectivity index (χ2v) is 7.65. The molecule has 0 saturated carbocycles. The van der Waals surface area contributed by atoms with Crippen LogP contribution in [0.4, 0.5) is 0 Å². The maximum atomic E-state index is 12.5. The Kier molecular flexibility index (Phi) is 4.00. The van der Waals surface area contributed by atoms with E-state index in [1.165, 1.54) is 5.70 Å². The first kappa shape index (κ1) is 15.3. The lowest BCUT2D eigenvalue weighted by Crippen LogP contribution is -2.36. The molecule has 0 aromatic rings. The number of allylic oxidation sites excluding steroid dienone is 2. The van der Waals surface area contributed by atoms with Crippen LogP contribution < -0.4 is 0 Å². The molecular weight excluding hydrogens is 222 g/mol. The fourth-order valence-electron chi connectivity index (χ4n) is 2.86. The molecule has 1 heterocycles. The van der Waals surface area contributed by atoms with Crippen LogP contribution in [0, 0.1) is 10.8 Å². The predicted molar refractivity (Wildman–Crippen MR) is 77.4 cm³/mol. The van der Waals surface area contributed by atoms with Gasteiger partial charge in [0.05, 0.1) is 0 Å². The van der Waals surface area contributed by atoms with Crippen molar-refractivity contribution in [3.8, 4) is 0 Å². The molecule has 1 rings (SSSR count). The zero-order valence-corrected chi connectivity index (χ0v) is 13.3. The summed E-state index contributed by atoms with van der Waals surface area (Å²) in [6, 6.07) is 0.433. The lowest BCUT2D eigenvalue weighted by atomic mass is 9.76. The van der Waals surface area contributed by atoms with E-state index in [0.29, 0.717) is 18.2 Å². The Balaban J connectivity index is 3.53. The van der Waals surface area contributed by atoms with Gasteiger partial charge in [-0.05, 0) is 18.8 Å². The summed E-state index contributed by atoms with van der Waals surface area (Å²) in [6.07, 6.45) is 1.63. The first-order chi connectivity index (χ1) is 7.96. The van der Waals surface area contributed by atoms with Crippen molar-refractivity contribution in [1.29, 1.82) is 0 Å². The van der Waals surface area contributed by atoms with E-state index in [0.717, 1.165) is 12.0 Å². The van der Waals surface area contributed by atoms with E-state index in [1.54, 1.807) is 0 Å². The van der Waals surface area contributed by atoms with Gasteiger partial charge < -0.3 is 4.90 Å². The lowest BCUT2D eigenvalue weighted by Gasteiger charge is -2.39. The molecule has 1 unspecified atom stereocenters. The molecule has 0 fully saturated rings. The van der Waals surface area contributed by atoms with Crippen LogP contribution in [0.2, 0.25) is 0 Å². The Morgan fingerprint density at radius 3 is 1.94 bits per heavy atom. The highest BCUT2D eigenvalue weighted by Crippen LogP contribution is 2.41.